The van der Waals surface area contributed by atoms with Crippen molar-refractivity contribution >= 4 is 23.1 Å². The predicted molar refractivity (Wildman–Crippen MR) is 122 cm³/mol. The van der Waals surface area contributed by atoms with Crippen molar-refractivity contribution in [3.05, 3.63) is 101 Å². The molecule has 5 nitrogen and oxygen atoms in total. The molecule has 3 aromatic carbocycles. The van der Waals surface area contributed by atoms with Crippen LogP contribution in [0.4, 0.5) is 5.69 Å². The molecule has 31 heavy (non-hydrogen) atoms. The van der Waals surface area contributed by atoms with Crippen LogP contribution in [0.3, 0.4) is 0 Å². The first-order valence-corrected chi connectivity index (χ1v) is 10.2. The zero-order valence-electron chi connectivity index (χ0n) is 17.6. The molecule has 0 saturated heterocycles. The number of hydrogen-bond donors (Lipinski definition) is 1. The van der Waals surface area contributed by atoms with Crippen LogP contribution in [-0.4, -0.2) is 30.4 Å². The molecular weight excluding hydrogens is 388 g/mol. The third-order valence-electron chi connectivity index (χ3n) is 5.42. The normalized spacial score (nSPS) is 13.7. The van der Waals surface area contributed by atoms with Gasteiger partial charge in [-0.25, -0.2) is 0 Å². The molecule has 0 aliphatic carbocycles. The molecule has 0 spiro atoms. The monoisotopic (exact) mass is 412 g/mol. The van der Waals surface area contributed by atoms with E-state index in [0.29, 0.717) is 35.5 Å². The Kier molecular flexibility index (Phi) is 5.85. The second kappa shape index (κ2) is 8.88. The zero-order valence-corrected chi connectivity index (χ0v) is 17.6. The van der Waals surface area contributed by atoms with Crippen LogP contribution < -0.4 is 10.1 Å². The number of benzene rings is 3. The van der Waals surface area contributed by atoms with Gasteiger partial charge in [-0.1, -0.05) is 60.7 Å². The van der Waals surface area contributed by atoms with Gasteiger partial charge in [-0.3, -0.25) is 14.5 Å². The van der Waals surface area contributed by atoms with E-state index >= 15 is 0 Å². The molecule has 1 N–H and O–H groups in total. The van der Waals surface area contributed by atoms with E-state index in [1.807, 2.05) is 61.5 Å². The summed E-state index contributed by atoms with van der Waals surface area (Å²) in [5, 5.41) is 3.23. The molecule has 0 unspecified atom stereocenters. The van der Waals surface area contributed by atoms with Gasteiger partial charge in [0.05, 0.1) is 12.7 Å². The highest BCUT2D eigenvalue weighted by Gasteiger charge is 2.39. The Balaban J connectivity index is 1.68. The summed E-state index contributed by atoms with van der Waals surface area (Å²) >= 11 is 0. The number of hydrogen-bond acceptors (Lipinski definition) is 4. The number of anilines is 1. The maximum atomic E-state index is 13.4. The fourth-order valence-corrected chi connectivity index (χ4v) is 3.65. The third-order valence-corrected chi connectivity index (χ3v) is 5.42. The quantitative estimate of drug-likeness (QED) is 0.583. The van der Waals surface area contributed by atoms with Gasteiger partial charge < -0.3 is 10.1 Å². The van der Waals surface area contributed by atoms with Crippen LogP contribution in [-0.2, 0) is 16.0 Å². The molecule has 0 bridgehead atoms. The second-order valence-electron chi connectivity index (χ2n) is 7.42. The van der Waals surface area contributed by atoms with Gasteiger partial charge in [0.2, 0.25) is 0 Å². The Morgan fingerprint density at radius 3 is 2.19 bits per heavy atom. The van der Waals surface area contributed by atoms with E-state index in [1.54, 1.807) is 31.4 Å². The van der Waals surface area contributed by atoms with Gasteiger partial charge in [0.25, 0.3) is 11.8 Å². The zero-order chi connectivity index (χ0) is 21.8. The lowest BCUT2D eigenvalue weighted by Gasteiger charge is -2.15. The first kappa shape index (κ1) is 20.4. The first-order valence-electron chi connectivity index (χ1n) is 10.2. The van der Waals surface area contributed by atoms with Crippen molar-refractivity contribution in [2.45, 2.75) is 13.3 Å². The average Bonchev–Trinajstić information content (AvgIpc) is 3.03. The number of nitrogens with zero attached hydrogens (tertiary/aromatic N) is 1. The molecule has 1 heterocycles. The molecule has 5 heteroatoms. The molecule has 1 aliphatic heterocycles. The molecule has 0 saturated carbocycles. The molecule has 0 aromatic heterocycles. The lowest BCUT2D eigenvalue weighted by molar-refractivity contribution is -0.136. The van der Waals surface area contributed by atoms with Crippen molar-refractivity contribution in [2.24, 2.45) is 0 Å². The summed E-state index contributed by atoms with van der Waals surface area (Å²) in [6.07, 6.45) is 0.603. The van der Waals surface area contributed by atoms with Crippen molar-refractivity contribution < 1.29 is 14.3 Å². The summed E-state index contributed by atoms with van der Waals surface area (Å²) in [4.78, 5) is 28.0. The minimum atomic E-state index is -0.310. The van der Waals surface area contributed by atoms with Gasteiger partial charge in [-0.2, -0.15) is 0 Å². The molecule has 156 valence electrons. The molecule has 0 atom stereocenters. The Morgan fingerprint density at radius 1 is 0.839 bits per heavy atom. The van der Waals surface area contributed by atoms with Gasteiger partial charge in [0, 0.05) is 12.2 Å². The molecule has 4 rings (SSSR count). The smallest absolute Gasteiger partial charge is 0.278 e. The molecule has 0 fully saturated rings. The van der Waals surface area contributed by atoms with Gasteiger partial charge >= 0.3 is 0 Å². The summed E-state index contributed by atoms with van der Waals surface area (Å²) in [6.45, 7) is 2.28. The lowest BCUT2D eigenvalue weighted by Crippen LogP contribution is -2.34. The van der Waals surface area contributed by atoms with Gasteiger partial charge in [-0.05, 0) is 48.2 Å². The fraction of sp³-hybridized carbons (Fsp3) is 0.154. The number of aryl methyl sites for hydroxylation is 1. The molecule has 1 aliphatic rings. The molecule has 2 amide bonds. The van der Waals surface area contributed by atoms with E-state index in [-0.39, 0.29) is 11.8 Å². The topological polar surface area (TPSA) is 58.6 Å². The predicted octanol–water partition coefficient (Wildman–Crippen LogP) is 4.44. The van der Waals surface area contributed by atoms with Gasteiger partial charge in [0.15, 0.2) is 0 Å². The van der Waals surface area contributed by atoms with Crippen LogP contribution in [0.2, 0.25) is 0 Å². The van der Waals surface area contributed by atoms with Crippen LogP contribution in [0.1, 0.15) is 16.7 Å². The molecule has 3 aromatic rings. The van der Waals surface area contributed by atoms with Crippen LogP contribution in [0.15, 0.2) is 84.6 Å². The SMILES string of the molecule is COc1ccc(C2=C(Nc3ccccc3C)C(=O)N(CCc3ccccc3)C2=O)cc1. The number of carbonyl (C=O) groups excluding carboxylic acids is 2. The van der Waals surface area contributed by atoms with Crippen molar-refractivity contribution in [3.63, 3.8) is 0 Å². The number of imide groups is 1. The minimum absolute atomic E-state index is 0.290. The number of nitrogens with one attached hydrogen (secondary N) is 1. The van der Waals surface area contributed by atoms with E-state index in [2.05, 4.69) is 5.32 Å². The Morgan fingerprint density at radius 2 is 1.52 bits per heavy atom. The molecular formula is C26H24N2O3. The van der Waals surface area contributed by atoms with Crippen LogP contribution >= 0.6 is 0 Å². The Bertz CT molecular complexity index is 1130. The number of ether oxygens (including phenoxy) is 1. The van der Waals surface area contributed by atoms with Gasteiger partial charge in [-0.15, -0.1) is 0 Å². The number of para-hydroxylation sites is 1. The highest BCUT2D eigenvalue weighted by atomic mass is 16.5. The maximum absolute atomic E-state index is 13.4. The number of rotatable bonds is 7. The van der Waals surface area contributed by atoms with E-state index in [4.69, 9.17) is 4.74 Å². The summed E-state index contributed by atoms with van der Waals surface area (Å²) in [5.74, 6) is 0.0904. The minimum Gasteiger partial charge on any atom is -0.497 e. The summed E-state index contributed by atoms with van der Waals surface area (Å²) in [6, 6.07) is 24.7. The summed E-state index contributed by atoms with van der Waals surface area (Å²) in [7, 11) is 1.59. The van der Waals surface area contributed by atoms with Crippen LogP contribution in [0.5, 0.6) is 5.75 Å². The van der Waals surface area contributed by atoms with Crippen molar-refractivity contribution in [3.8, 4) is 5.75 Å². The van der Waals surface area contributed by atoms with Crippen LogP contribution in [0.25, 0.3) is 5.57 Å². The van der Waals surface area contributed by atoms with E-state index in [0.717, 1.165) is 16.8 Å². The number of amides is 2. The Hall–Kier alpha value is -3.86. The highest BCUT2D eigenvalue weighted by molar-refractivity contribution is 6.36. The van der Waals surface area contributed by atoms with Crippen molar-refractivity contribution in [2.75, 3.05) is 19.0 Å². The number of methoxy groups -OCH3 is 1. The average molecular weight is 412 g/mol. The fourth-order valence-electron chi connectivity index (χ4n) is 3.65. The van der Waals surface area contributed by atoms with Crippen molar-refractivity contribution in [1.29, 1.82) is 0 Å². The standard InChI is InChI=1S/C26H24N2O3/c1-18-8-6-7-11-22(18)27-24-23(20-12-14-21(31-2)15-13-20)25(29)28(26(24)30)17-16-19-9-4-3-5-10-19/h3-15,27H,16-17H2,1-2H3. The van der Waals surface area contributed by atoms with Crippen molar-refractivity contribution in [1.82, 2.24) is 4.90 Å². The lowest BCUT2D eigenvalue weighted by atomic mass is 10.0. The Labute approximate surface area is 182 Å². The van der Waals surface area contributed by atoms with Crippen LogP contribution in [0, 0.1) is 6.92 Å². The first-order chi connectivity index (χ1) is 15.1. The van der Waals surface area contributed by atoms with Gasteiger partial charge in [0.1, 0.15) is 11.4 Å². The number of carbonyl (C=O) groups is 2. The largest absolute Gasteiger partial charge is 0.497 e. The highest BCUT2D eigenvalue weighted by Crippen LogP contribution is 2.32. The van der Waals surface area contributed by atoms with E-state index in [1.165, 1.54) is 4.90 Å². The second-order valence-corrected chi connectivity index (χ2v) is 7.42. The summed E-state index contributed by atoms with van der Waals surface area (Å²) < 4.78 is 5.23. The van der Waals surface area contributed by atoms with E-state index in [9.17, 15) is 9.59 Å². The maximum Gasteiger partial charge on any atom is 0.278 e. The molecule has 0 radical (unpaired) electrons. The van der Waals surface area contributed by atoms with E-state index < -0.39 is 0 Å². The third kappa shape index (κ3) is 4.21. The summed E-state index contributed by atoms with van der Waals surface area (Å²) in [5.41, 5.74) is 4.23.